The van der Waals surface area contributed by atoms with Crippen molar-refractivity contribution in [1.29, 1.82) is 5.41 Å². The molecular weight excluding hydrogens is 190 g/mol. The largest absolute Gasteiger partial charge is 0.382 e. The summed E-state index contributed by atoms with van der Waals surface area (Å²) in [6, 6.07) is 1.71. The van der Waals surface area contributed by atoms with Crippen LogP contribution < -0.4 is 10.6 Å². The second-order valence-electron chi connectivity index (χ2n) is 3.53. The fourth-order valence-corrected chi connectivity index (χ4v) is 1.30. The molecule has 0 amide bonds. The summed E-state index contributed by atoms with van der Waals surface area (Å²) in [4.78, 5) is 10.5. The van der Waals surface area contributed by atoms with Gasteiger partial charge in [-0.3, -0.25) is 5.41 Å². The third-order valence-corrected chi connectivity index (χ3v) is 2.02. The predicted molar refractivity (Wildman–Crippen MR) is 61.3 cm³/mol. The zero-order valence-corrected chi connectivity index (χ0v) is 9.41. The average Bonchev–Trinajstić information content (AvgIpc) is 2.17. The number of anilines is 1. The first-order valence-corrected chi connectivity index (χ1v) is 4.95. The van der Waals surface area contributed by atoms with E-state index in [2.05, 4.69) is 16.9 Å². The van der Waals surface area contributed by atoms with Crippen molar-refractivity contribution in [2.75, 3.05) is 18.5 Å². The van der Waals surface area contributed by atoms with Gasteiger partial charge in [0.25, 0.3) is 0 Å². The smallest absolute Gasteiger partial charge is 0.225 e. The van der Waals surface area contributed by atoms with Crippen LogP contribution in [0, 0.1) is 12.3 Å². The van der Waals surface area contributed by atoms with Crippen LogP contribution >= 0.6 is 0 Å². The molecule has 5 nitrogen and oxygen atoms in total. The molecule has 0 spiro atoms. The molecule has 0 radical (unpaired) electrons. The van der Waals surface area contributed by atoms with E-state index in [4.69, 9.17) is 11.1 Å². The minimum absolute atomic E-state index is 0.0216. The molecule has 0 bridgehead atoms. The Balaban J connectivity index is 3.03. The summed E-state index contributed by atoms with van der Waals surface area (Å²) in [7, 11) is 1.93. The van der Waals surface area contributed by atoms with E-state index >= 15 is 0 Å². The Kier molecular flexibility index (Phi) is 3.60. The first-order chi connectivity index (χ1) is 7.04. The molecule has 0 unspecified atom stereocenters. The standard InChI is InChI=1S/C10H17N5/c1-4-5-15(3)10-13-7(2)6-8(14-10)9(11)12/h6H,4-5H2,1-3H3,(H3,11,12). The van der Waals surface area contributed by atoms with E-state index in [1.807, 2.05) is 18.9 Å². The number of hydrogen-bond acceptors (Lipinski definition) is 4. The zero-order chi connectivity index (χ0) is 11.4. The Bertz CT molecular complexity index is 361. The van der Waals surface area contributed by atoms with Crippen LogP contribution in [0.2, 0.25) is 0 Å². The van der Waals surface area contributed by atoms with Gasteiger partial charge < -0.3 is 10.6 Å². The van der Waals surface area contributed by atoms with E-state index < -0.39 is 0 Å². The summed E-state index contributed by atoms with van der Waals surface area (Å²) in [5, 5.41) is 7.34. The molecule has 0 aliphatic heterocycles. The SMILES string of the molecule is CCCN(C)c1nc(C)cc(C(=N)N)n1. The van der Waals surface area contributed by atoms with Crippen molar-refractivity contribution in [2.24, 2.45) is 5.73 Å². The van der Waals surface area contributed by atoms with Crippen molar-refractivity contribution in [3.05, 3.63) is 17.5 Å². The predicted octanol–water partition coefficient (Wildman–Crippen LogP) is 0.915. The van der Waals surface area contributed by atoms with Gasteiger partial charge in [-0.2, -0.15) is 0 Å². The van der Waals surface area contributed by atoms with Gasteiger partial charge in [0.2, 0.25) is 5.95 Å². The summed E-state index contributed by atoms with van der Waals surface area (Å²) in [5.74, 6) is 0.605. The minimum atomic E-state index is -0.0216. The van der Waals surface area contributed by atoms with Crippen LogP contribution in [0.25, 0.3) is 0 Å². The highest BCUT2D eigenvalue weighted by atomic mass is 15.2. The Hall–Kier alpha value is -1.65. The third-order valence-electron chi connectivity index (χ3n) is 2.02. The maximum absolute atomic E-state index is 7.34. The lowest BCUT2D eigenvalue weighted by atomic mass is 10.3. The van der Waals surface area contributed by atoms with Crippen molar-refractivity contribution in [1.82, 2.24) is 9.97 Å². The summed E-state index contributed by atoms with van der Waals surface area (Å²) in [5.41, 5.74) is 6.71. The van der Waals surface area contributed by atoms with Gasteiger partial charge >= 0.3 is 0 Å². The van der Waals surface area contributed by atoms with Crippen LogP contribution in [-0.4, -0.2) is 29.4 Å². The lowest BCUT2D eigenvalue weighted by Gasteiger charge is -2.16. The average molecular weight is 207 g/mol. The number of nitrogens with two attached hydrogens (primary N) is 1. The van der Waals surface area contributed by atoms with E-state index in [1.165, 1.54) is 0 Å². The molecule has 1 rings (SSSR count). The molecule has 0 saturated heterocycles. The fraction of sp³-hybridized carbons (Fsp3) is 0.500. The van der Waals surface area contributed by atoms with Gasteiger partial charge in [-0.05, 0) is 19.4 Å². The molecule has 1 aromatic heterocycles. The molecule has 3 N–H and O–H groups in total. The van der Waals surface area contributed by atoms with Crippen LogP contribution in [0.1, 0.15) is 24.7 Å². The number of aromatic nitrogens is 2. The molecule has 1 heterocycles. The van der Waals surface area contributed by atoms with Gasteiger partial charge in [0.15, 0.2) is 0 Å². The van der Waals surface area contributed by atoms with Crippen LogP contribution in [0.15, 0.2) is 6.07 Å². The molecule has 0 fully saturated rings. The van der Waals surface area contributed by atoms with Crippen LogP contribution in [0.4, 0.5) is 5.95 Å². The summed E-state index contributed by atoms with van der Waals surface area (Å²) < 4.78 is 0. The van der Waals surface area contributed by atoms with Crippen LogP contribution in [0.3, 0.4) is 0 Å². The number of nitrogens with zero attached hydrogens (tertiary/aromatic N) is 3. The summed E-state index contributed by atoms with van der Waals surface area (Å²) >= 11 is 0. The quantitative estimate of drug-likeness (QED) is 0.568. The van der Waals surface area contributed by atoms with Gasteiger partial charge in [0, 0.05) is 19.3 Å². The number of nitrogens with one attached hydrogen (secondary N) is 1. The van der Waals surface area contributed by atoms with E-state index in [-0.39, 0.29) is 5.84 Å². The zero-order valence-electron chi connectivity index (χ0n) is 9.41. The first kappa shape index (κ1) is 11.4. The monoisotopic (exact) mass is 207 g/mol. The number of amidine groups is 1. The van der Waals surface area contributed by atoms with Crippen LogP contribution in [-0.2, 0) is 0 Å². The molecule has 0 atom stereocenters. The van der Waals surface area contributed by atoms with E-state index in [1.54, 1.807) is 6.07 Å². The molecule has 5 heteroatoms. The highest BCUT2D eigenvalue weighted by molar-refractivity contribution is 5.93. The fourth-order valence-electron chi connectivity index (χ4n) is 1.30. The van der Waals surface area contributed by atoms with Crippen molar-refractivity contribution in [3.8, 4) is 0 Å². The van der Waals surface area contributed by atoms with E-state index in [0.717, 1.165) is 18.7 Å². The number of aryl methyl sites for hydroxylation is 1. The lowest BCUT2D eigenvalue weighted by Crippen LogP contribution is -2.23. The molecule has 15 heavy (non-hydrogen) atoms. The van der Waals surface area contributed by atoms with Gasteiger partial charge in [-0.25, -0.2) is 9.97 Å². The maximum Gasteiger partial charge on any atom is 0.225 e. The van der Waals surface area contributed by atoms with Crippen molar-refractivity contribution in [2.45, 2.75) is 20.3 Å². The Morgan fingerprint density at radius 2 is 2.20 bits per heavy atom. The molecule has 1 aromatic rings. The van der Waals surface area contributed by atoms with Crippen molar-refractivity contribution in [3.63, 3.8) is 0 Å². The molecule has 0 saturated carbocycles. The molecule has 0 aromatic carbocycles. The summed E-state index contributed by atoms with van der Waals surface area (Å²) in [6.07, 6.45) is 1.03. The number of nitrogen functional groups attached to an aromatic ring is 1. The van der Waals surface area contributed by atoms with Crippen molar-refractivity contribution < 1.29 is 0 Å². The maximum atomic E-state index is 7.34. The Labute approximate surface area is 89.8 Å². The second kappa shape index (κ2) is 4.72. The third kappa shape index (κ3) is 2.90. The number of hydrogen-bond donors (Lipinski definition) is 2. The van der Waals surface area contributed by atoms with Crippen LogP contribution in [0.5, 0.6) is 0 Å². The van der Waals surface area contributed by atoms with Gasteiger partial charge in [-0.15, -0.1) is 0 Å². The normalized spacial score (nSPS) is 10.1. The van der Waals surface area contributed by atoms with E-state index in [0.29, 0.717) is 11.6 Å². The second-order valence-corrected chi connectivity index (χ2v) is 3.53. The van der Waals surface area contributed by atoms with Gasteiger partial charge in [0.05, 0.1) is 0 Å². The lowest BCUT2D eigenvalue weighted by molar-refractivity contribution is 0.813. The topological polar surface area (TPSA) is 78.9 Å². The Morgan fingerprint density at radius 1 is 1.53 bits per heavy atom. The van der Waals surface area contributed by atoms with Gasteiger partial charge in [-0.1, -0.05) is 6.92 Å². The first-order valence-electron chi connectivity index (χ1n) is 4.95. The molecule has 0 aliphatic rings. The Morgan fingerprint density at radius 3 is 2.73 bits per heavy atom. The van der Waals surface area contributed by atoms with Crippen molar-refractivity contribution >= 4 is 11.8 Å². The van der Waals surface area contributed by atoms with Gasteiger partial charge in [0.1, 0.15) is 11.5 Å². The minimum Gasteiger partial charge on any atom is -0.382 e. The highest BCUT2D eigenvalue weighted by Crippen LogP contribution is 2.08. The molecular formula is C10H17N5. The molecule has 82 valence electrons. The highest BCUT2D eigenvalue weighted by Gasteiger charge is 2.07. The molecule has 0 aliphatic carbocycles. The number of rotatable bonds is 4. The summed E-state index contributed by atoms with van der Waals surface area (Å²) in [6.45, 7) is 4.86. The van der Waals surface area contributed by atoms with E-state index in [9.17, 15) is 0 Å².